The van der Waals surface area contributed by atoms with Crippen LogP contribution in [0.15, 0.2) is 11.6 Å². The first-order valence-corrected chi connectivity index (χ1v) is 7.88. The van der Waals surface area contributed by atoms with Gasteiger partial charge in [0.15, 0.2) is 0 Å². The van der Waals surface area contributed by atoms with Crippen LogP contribution in [0.2, 0.25) is 0 Å². The molecular formula is C16H30N2O2. The normalized spacial score (nSPS) is 25.7. The number of ether oxygens (including phenoxy) is 2. The van der Waals surface area contributed by atoms with Gasteiger partial charge in [-0.2, -0.15) is 0 Å². The third-order valence-electron chi connectivity index (χ3n) is 4.86. The van der Waals surface area contributed by atoms with Crippen LogP contribution in [0.4, 0.5) is 0 Å². The molecule has 0 amide bonds. The summed E-state index contributed by atoms with van der Waals surface area (Å²) < 4.78 is 11.0. The third-order valence-corrected chi connectivity index (χ3v) is 4.86. The fourth-order valence-corrected chi connectivity index (χ4v) is 3.57. The van der Waals surface area contributed by atoms with Gasteiger partial charge >= 0.3 is 0 Å². The van der Waals surface area contributed by atoms with Crippen molar-refractivity contribution >= 4 is 0 Å². The predicted molar refractivity (Wildman–Crippen MR) is 82.1 cm³/mol. The van der Waals surface area contributed by atoms with Crippen LogP contribution in [-0.4, -0.2) is 74.0 Å². The van der Waals surface area contributed by atoms with Crippen molar-refractivity contribution < 1.29 is 9.47 Å². The van der Waals surface area contributed by atoms with Gasteiger partial charge in [-0.25, -0.2) is 0 Å². The van der Waals surface area contributed by atoms with Crippen molar-refractivity contribution in [3.63, 3.8) is 0 Å². The van der Waals surface area contributed by atoms with E-state index in [0.717, 1.165) is 52.6 Å². The Labute approximate surface area is 123 Å². The lowest BCUT2D eigenvalue weighted by Gasteiger charge is -2.46. The molecule has 2 rings (SSSR count). The van der Waals surface area contributed by atoms with E-state index in [1.54, 1.807) is 0 Å². The van der Waals surface area contributed by atoms with Crippen molar-refractivity contribution in [3.8, 4) is 0 Å². The lowest BCUT2D eigenvalue weighted by Crippen LogP contribution is -2.55. The van der Waals surface area contributed by atoms with Crippen LogP contribution in [0.25, 0.3) is 0 Å². The molecule has 4 nitrogen and oxygen atoms in total. The Bertz CT molecular complexity index is 329. The lowest BCUT2D eigenvalue weighted by atomic mass is 9.85. The first-order valence-electron chi connectivity index (χ1n) is 7.88. The minimum Gasteiger partial charge on any atom is -0.379 e. The molecule has 0 aliphatic carbocycles. The molecule has 0 aromatic carbocycles. The van der Waals surface area contributed by atoms with Crippen LogP contribution < -0.4 is 0 Å². The highest BCUT2D eigenvalue weighted by Gasteiger charge is 2.35. The molecule has 2 heterocycles. The van der Waals surface area contributed by atoms with Crippen LogP contribution in [0.3, 0.4) is 0 Å². The molecule has 2 aliphatic rings. The lowest BCUT2D eigenvalue weighted by molar-refractivity contribution is -0.00946. The number of morpholine rings is 2. The number of rotatable bonds is 4. The van der Waals surface area contributed by atoms with E-state index in [0.29, 0.717) is 6.04 Å². The summed E-state index contributed by atoms with van der Waals surface area (Å²) in [5.41, 5.74) is 1.61. The summed E-state index contributed by atoms with van der Waals surface area (Å²) >= 11 is 0. The molecule has 2 aliphatic heterocycles. The quantitative estimate of drug-likeness (QED) is 0.734. The van der Waals surface area contributed by atoms with E-state index in [1.165, 1.54) is 5.57 Å². The van der Waals surface area contributed by atoms with Crippen LogP contribution in [-0.2, 0) is 9.47 Å². The van der Waals surface area contributed by atoms with Crippen LogP contribution in [0.5, 0.6) is 0 Å². The van der Waals surface area contributed by atoms with Gasteiger partial charge in [0.1, 0.15) is 0 Å². The standard InChI is InChI=1S/C16H30N2O2/c1-5-15(14(2)17-6-10-19-11-7-17)16(3,4)18-8-12-20-13-9-18/h5,14H,6-13H2,1-4H3. The van der Waals surface area contributed by atoms with Crippen LogP contribution in [0.1, 0.15) is 27.7 Å². The number of hydrogen-bond acceptors (Lipinski definition) is 4. The van der Waals surface area contributed by atoms with Crippen molar-refractivity contribution in [2.24, 2.45) is 0 Å². The fraction of sp³-hybridized carbons (Fsp3) is 0.875. The van der Waals surface area contributed by atoms with E-state index in [4.69, 9.17) is 9.47 Å². The minimum atomic E-state index is 0.0935. The van der Waals surface area contributed by atoms with Gasteiger partial charge in [-0.05, 0) is 33.3 Å². The van der Waals surface area contributed by atoms with Gasteiger partial charge in [0, 0.05) is 37.8 Å². The van der Waals surface area contributed by atoms with Gasteiger partial charge in [0.05, 0.1) is 26.4 Å². The Balaban J connectivity index is 2.08. The maximum Gasteiger partial charge on any atom is 0.0594 e. The summed E-state index contributed by atoms with van der Waals surface area (Å²) in [6.45, 7) is 16.8. The average Bonchev–Trinajstić information content (AvgIpc) is 2.49. The molecule has 0 spiro atoms. The fourth-order valence-electron chi connectivity index (χ4n) is 3.57. The smallest absolute Gasteiger partial charge is 0.0594 e. The molecule has 0 saturated carbocycles. The van der Waals surface area contributed by atoms with Crippen molar-refractivity contribution in [2.75, 3.05) is 52.6 Å². The second-order valence-corrected chi connectivity index (χ2v) is 6.23. The molecule has 0 radical (unpaired) electrons. The van der Waals surface area contributed by atoms with Gasteiger partial charge < -0.3 is 9.47 Å². The second kappa shape index (κ2) is 7.03. The summed E-state index contributed by atoms with van der Waals surface area (Å²) in [6, 6.07) is 0.474. The van der Waals surface area contributed by atoms with Crippen molar-refractivity contribution in [3.05, 3.63) is 11.6 Å². The van der Waals surface area contributed by atoms with Gasteiger partial charge in [-0.1, -0.05) is 6.08 Å². The molecular weight excluding hydrogens is 252 g/mol. The molecule has 4 heteroatoms. The first-order chi connectivity index (χ1) is 9.57. The van der Waals surface area contributed by atoms with Gasteiger partial charge in [-0.15, -0.1) is 0 Å². The predicted octanol–water partition coefficient (Wildman–Crippen LogP) is 1.76. The molecule has 0 bridgehead atoms. The molecule has 2 fully saturated rings. The summed E-state index contributed by atoms with van der Waals surface area (Å²) in [4.78, 5) is 5.10. The van der Waals surface area contributed by atoms with E-state index >= 15 is 0 Å². The largest absolute Gasteiger partial charge is 0.379 e. The Kier molecular flexibility index (Phi) is 5.61. The zero-order valence-electron chi connectivity index (χ0n) is 13.5. The van der Waals surface area contributed by atoms with Gasteiger partial charge in [0.25, 0.3) is 0 Å². The Morgan fingerprint density at radius 2 is 1.50 bits per heavy atom. The molecule has 0 N–H and O–H groups in total. The van der Waals surface area contributed by atoms with Crippen molar-refractivity contribution in [1.29, 1.82) is 0 Å². The van der Waals surface area contributed by atoms with Crippen LogP contribution in [0, 0.1) is 0 Å². The first kappa shape index (κ1) is 16.0. The highest BCUT2D eigenvalue weighted by Crippen LogP contribution is 2.30. The van der Waals surface area contributed by atoms with E-state index < -0.39 is 0 Å². The number of hydrogen-bond donors (Lipinski definition) is 0. The minimum absolute atomic E-state index is 0.0935. The molecule has 1 unspecified atom stereocenters. The molecule has 20 heavy (non-hydrogen) atoms. The molecule has 116 valence electrons. The van der Waals surface area contributed by atoms with E-state index in [2.05, 4.69) is 43.6 Å². The molecule has 1 atom stereocenters. The van der Waals surface area contributed by atoms with E-state index in [1.807, 2.05) is 0 Å². The van der Waals surface area contributed by atoms with Gasteiger partial charge in [-0.3, -0.25) is 9.80 Å². The zero-order chi connectivity index (χ0) is 14.6. The summed E-state index contributed by atoms with van der Waals surface area (Å²) in [5.74, 6) is 0. The maximum absolute atomic E-state index is 5.50. The number of nitrogens with zero attached hydrogens (tertiary/aromatic N) is 2. The summed E-state index contributed by atoms with van der Waals surface area (Å²) in [6.07, 6.45) is 2.32. The van der Waals surface area contributed by atoms with E-state index in [9.17, 15) is 0 Å². The highest BCUT2D eigenvalue weighted by molar-refractivity contribution is 5.23. The second-order valence-electron chi connectivity index (χ2n) is 6.23. The number of allylic oxidation sites excluding steroid dienone is 1. The van der Waals surface area contributed by atoms with Crippen molar-refractivity contribution in [1.82, 2.24) is 9.80 Å². The van der Waals surface area contributed by atoms with Crippen LogP contribution >= 0.6 is 0 Å². The topological polar surface area (TPSA) is 24.9 Å². The molecule has 0 aromatic rings. The average molecular weight is 282 g/mol. The summed E-state index contributed by atoms with van der Waals surface area (Å²) in [7, 11) is 0. The third kappa shape index (κ3) is 3.42. The summed E-state index contributed by atoms with van der Waals surface area (Å²) in [5, 5.41) is 0. The SMILES string of the molecule is CC=C(C(C)N1CCOCC1)C(C)(C)N1CCOCC1. The Hall–Kier alpha value is -0.420. The Morgan fingerprint density at radius 1 is 1.00 bits per heavy atom. The van der Waals surface area contributed by atoms with Gasteiger partial charge in [0.2, 0.25) is 0 Å². The zero-order valence-corrected chi connectivity index (χ0v) is 13.5. The van der Waals surface area contributed by atoms with E-state index in [-0.39, 0.29) is 5.54 Å². The van der Waals surface area contributed by atoms with Crippen molar-refractivity contribution in [2.45, 2.75) is 39.3 Å². The monoisotopic (exact) mass is 282 g/mol. The molecule has 2 saturated heterocycles. The Morgan fingerprint density at radius 3 is 2.00 bits per heavy atom. The highest BCUT2D eigenvalue weighted by atomic mass is 16.5. The molecule has 0 aromatic heterocycles. The maximum atomic E-state index is 5.50.